The van der Waals surface area contributed by atoms with Crippen LogP contribution in [0.5, 0.6) is 0 Å². The molecule has 1 aliphatic carbocycles. The molecule has 2 fully saturated rings. The Balaban J connectivity index is 1.63. The lowest BCUT2D eigenvalue weighted by molar-refractivity contribution is 0.122. The maximum absolute atomic E-state index is 4.34. The molecule has 0 aromatic carbocycles. The fraction of sp³-hybridized carbons (Fsp3) is 0.769. The molecular formula is C13H21N3S. The molecule has 1 aliphatic heterocycles. The Kier molecular flexibility index (Phi) is 2.97. The third-order valence-electron chi connectivity index (χ3n) is 4.04. The Labute approximate surface area is 107 Å². The largest absolute Gasteiger partial charge is 0.309 e. The number of nitrogens with zero attached hydrogens (tertiary/aromatic N) is 2. The number of aromatic nitrogens is 1. The van der Waals surface area contributed by atoms with Crippen molar-refractivity contribution in [1.29, 1.82) is 0 Å². The van der Waals surface area contributed by atoms with Crippen molar-refractivity contribution in [3.63, 3.8) is 0 Å². The van der Waals surface area contributed by atoms with E-state index in [1.165, 1.54) is 35.8 Å². The minimum Gasteiger partial charge on any atom is -0.309 e. The number of hydrogen-bond donors (Lipinski definition) is 1. The van der Waals surface area contributed by atoms with Crippen LogP contribution in [0, 0.1) is 12.8 Å². The standard InChI is InChI=1S/C13H21N3S/c1-10-14-7-12(17-10)8-16-6-5-15-13(2,9-16)11-3-4-11/h7,11,15H,3-6,8-9H2,1-2H3. The molecule has 1 N–H and O–H groups in total. The molecule has 1 atom stereocenters. The average Bonchev–Trinajstić information content (AvgIpc) is 3.05. The van der Waals surface area contributed by atoms with Crippen LogP contribution in [0.25, 0.3) is 0 Å². The second-order valence-electron chi connectivity index (χ2n) is 5.67. The molecular weight excluding hydrogens is 230 g/mol. The van der Waals surface area contributed by atoms with Crippen molar-refractivity contribution in [2.24, 2.45) is 5.92 Å². The van der Waals surface area contributed by atoms with E-state index < -0.39 is 0 Å². The van der Waals surface area contributed by atoms with Crippen molar-refractivity contribution in [1.82, 2.24) is 15.2 Å². The van der Waals surface area contributed by atoms with Crippen LogP contribution in [0.15, 0.2) is 6.20 Å². The van der Waals surface area contributed by atoms with Crippen LogP contribution in [-0.2, 0) is 6.54 Å². The molecule has 1 aromatic heterocycles. The lowest BCUT2D eigenvalue weighted by atomic mass is 9.93. The third kappa shape index (κ3) is 2.54. The first-order valence-electron chi connectivity index (χ1n) is 6.54. The zero-order valence-electron chi connectivity index (χ0n) is 10.7. The second kappa shape index (κ2) is 4.34. The molecule has 0 radical (unpaired) electrons. The van der Waals surface area contributed by atoms with Gasteiger partial charge < -0.3 is 5.32 Å². The summed E-state index contributed by atoms with van der Waals surface area (Å²) in [6.45, 7) is 9.04. The maximum Gasteiger partial charge on any atom is 0.0897 e. The minimum atomic E-state index is 0.359. The van der Waals surface area contributed by atoms with E-state index in [1.54, 1.807) is 0 Å². The summed E-state index contributed by atoms with van der Waals surface area (Å²) in [5.74, 6) is 0.911. The number of piperazine rings is 1. The number of nitrogens with one attached hydrogen (secondary N) is 1. The molecule has 1 saturated heterocycles. The van der Waals surface area contributed by atoms with Crippen LogP contribution < -0.4 is 5.32 Å². The number of aryl methyl sites for hydroxylation is 1. The molecule has 0 spiro atoms. The Morgan fingerprint density at radius 1 is 1.59 bits per heavy atom. The molecule has 1 unspecified atom stereocenters. The quantitative estimate of drug-likeness (QED) is 0.891. The van der Waals surface area contributed by atoms with Gasteiger partial charge in [-0.25, -0.2) is 4.98 Å². The molecule has 0 amide bonds. The van der Waals surface area contributed by atoms with Crippen LogP contribution >= 0.6 is 11.3 Å². The number of rotatable bonds is 3. The lowest BCUT2D eigenvalue weighted by Crippen LogP contribution is -2.59. The van der Waals surface area contributed by atoms with Crippen molar-refractivity contribution in [2.75, 3.05) is 19.6 Å². The summed E-state index contributed by atoms with van der Waals surface area (Å²) in [5, 5.41) is 4.91. The normalized spacial score (nSPS) is 30.7. The lowest BCUT2D eigenvalue weighted by Gasteiger charge is -2.41. The highest BCUT2D eigenvalue weighted by Gasteiger charge is 2.43. The topological polar surface area (TPSA) is 28.2 Å². The summed E-state index contributed by atoms with van der Waals surface area (Å²) < 4.78 is 0. The first-order chi connectivity index (χ1) is 8.16. The maximum atomic E-state index is 4.34. The predicted octanol–water partition coefficient (Wildman–Crippen LogP) is 2.03. The Morgan fingerprint density at radius 3 is 3.06 bits per heavy atom. The first-order valence-corrected chi connectivity index (χ1v) is 7.36. The molecule has 2 heterocycles. The van der Waals surface area contributed by atoms with E-state index in [4.69, 9.17) is 0 Å². The highest BCUT2D eigenvalue weighted by molar-refractivity contribution is 7.11. The average molecular weight is 251 g/mol. The highest BCUT2D eigenvalue weighted by atomic mass is 32.1. The van der Waals surface area contributed by atoms with Gasteiger partial charge in [0.2, 0.25) is 0 Å². The van der Waals surface area contributed by atoms with Gasteiger partial charge in [-0.15, -0.1) is 11.3 Å². The zero-order valence-corrected chi connectivity index (χ0v) is 11.5. The van der Waals surface area contributed by atoms with Gasteiger partial charge in [-0.2, -0.15) is 0 Å². The van der Waals surface area contributed by atoms with Gasteiger partial charge in [-0.1, -0.05) is 0 Å². The van der Waals surface area contributed by atoms with E-state index in [9.17, 15) is 0 Å². The molecule has 3 nitrogen and oxygen atoms in total. The van der Waals surface area contributed by atoms with Gasteiger partial charge in [-0.3, -0.25) is 4.90 Å². The predicted molar refractivity (Wildman–Crippen MR) is 71.3 cm³/mol. The fourth-order valence-corrected chi connectivity index (χ4v) is 3.76. The fourth-order valence-electron chi connectivity index (χ4n) is 2.93. The van der Waals surface area contributed by atoms with Crippen LogP contribution in [0.3, 0.4) is 0 Å². The third-order valence-corrected chi connectivity index (χ3v) is 4.93. The minimum absolute atomic E-state index is 0.359. The van der Waals surface area contributed by atoms with E-state index >= 15 is 0 Å². The van der Waals surface area contributed by atoms with Gasteiger partial charge >= 0.3 is 0 Å². The highest BCUT2D eigenvalue weighted by Crippen LogP contribution is 2.40. The van der Waals surface area contributed by atoms with Crippen molar-refractivity contribution in [3.05, 3.63) is 16.1 Å². The number of thiazole rings is 1. The van der Waals surface area contributed by atoms with Gasteiger partial charge in [0.05, 0.1) is 5.01 Å². The molecule has 0 bridgehead atoms. The van der Waals surface area contributed by atoms with Crippen LogP contribution in [0.2, 0.25) is 0 Å². The smallest absolute Gasteiger partial charge is 0.0897 e. The van der Waals surface area contributed by atoms with Gasteiger partial charge in [0.15, 0.2) is 0 Å². The SMILES string of the molecule is Cc1ncc(CN2CCNC(C)(C3CC3)C2)s1. The van der Waals surface area contributed by atoms with Gasteiger partial charge in [0.1, 0.15) is 0 Å². The summed E-state index contributed by atoms with van der Waals surface area (Å²) in [5.41, 5.74) is 0.359. The van der Waals surface area contributed by atoms with E-state index in [0.29, 0.717) is 5.54 Å². The van der Waals surface area contributed by atoms with Crippen molar-refractivity contribution < 1.29 is 0 Å². The summed E-state index contributed by atoms with van der Waals surface area (Å²) in [4.78, 5) is 8.33. The van der Waals surface area contributed by atoms with Crippen molar-refractivity contribution in [3.8, 4) is 0 Å². The molecule has 3 rings (SSSR count). The van der Waals surface area contributed by atoms with Crippen LogP contribution in [0.1, 0.15) is 29.7 Å². The summed E-state index contributed by atoms with van der Waals surface area (Å²) in [6.07, 6.45) is 4.87. The molecule has 94 valence electrons. The van der Waals surface area contributed by atoms with E-state index in [0.717, 1.165) is 19.0 Å². The second-order valence-corrected chi connectivity index (χ2v) is 6.99. The van der Waals surface area contributed by atoms with Crippen LogP contribution in [0.4, 0.5) is 0 Å². The van der Waals surface area contributed by atoms with Gasteiger partial charge in [0, 0.05) is 42.8 Å². The van der Waals surface area contributed by atoms with Gasteiger partial charge in [0.25, 0.3) is 0 Å². The summed E-state index contributed by atoms with van der Waals surface area (Å²) >= 11 is 1.83. The van der Waals surface area contributed by atoms with E-state index in [-0.39, 0.29) is 0 Å². The van der Waals surface area contributed by atoms with Crippen molar-refractivity contribution in [2.45, 2.75) is 38.8 Å². The van der Waals surface area contributed by atoms with Crippen LogP contribution in [-0.4, -0.2) is 35.1 Å². The molecule has 2 aliphatic rings. The molecule has 4 heteroatoms. The summed E-state index contributed by atoms with van der Waals surface area (Å²) in [6, 6.07) is 0. The van der Waals surface area contributed by atoms with E-state index in [2.05, 4.69) is 29.0 Å². The molecule has 1 aromatic rings. The van der Waals surface area contributed by atoms with E-state index in [1.807, 2.05) is 17.5 Å². The molecule has 1 saturated carbocycles. The van der Waals surface area contributed by atoms with Gasteiger partial charge in [-0.05, 0) is 32.6 Å². The monoisotopic (exact) mass is 251 g/mol. The van der Waals surface area contributed by atoms with Crippen molar-refractivity contribution >= 4 is 11.3 Å². The molecule has 17 heavy (non-hydrogen) atoms. The number of hydrogen-bond acceptors (Lipinski definition) is 4. The Hall–Kier alpha value is -0.450. The Bertz CT molecular complexity index is 399. The summed E-state index contributed by atoms with van der Waals surface area (Å²) in [7, 11) is 0. The zero-order chi connectivity index (χ0) is 11.9. The first kappa shape index (κ1) is 11.6. The Morgan fingerprint density at radius 2 is 2.41 bits per heavy atom.